The Labute approximate surface area is 109 Å². The Bertz CT molecular complexity index is 442. The van der Waals surface area contributed by atoms with Crippen molar-refractivity contribution >= 4 is 5.69 Å². The SMILES string of the molecule is CC1(C)CN(Cc2ccc3c(c2)CCN3)CCO1. The molecule has 0 spiro atoms. The average molecular weight is 246 g/mol. The van der Waals surface area contributed by atoms with E-state index in [1.807, 2.05) is 0 Å². The fourth-order valence-corrected chi connectivity index (χ4v) is 2.96. The monoisotopic (exact) mass is 246 g/mol. The molecule has 0 aromatic heterocycles. The number of fused-ring (bicyclic) bond motifs is 1. The van der Waals surface area contributed by atoms with Crippen molar-refractivity contribution in [3.63, 3.8) is 0 Å². The van der Waals surface area contributed by atoms with Gasteiger partial charge in [-0.2, -0.15) is 0 Å². The van der Waals surface area contributed by atoms with Crippen LogP contribution in [0.15, 0.2) is 18.2 Å². The van der Waals surface area contributed by atoms with Crippen LogP contribution in [-0.4, -0.2) is 36.7 Å². The molecule has 1 aromatic carbocycles. The van der Waals surface area contributed by atoms with Gasteiger partial charge in [-0.05, 0) is 37.5 Å². The minimum Gasteiger partial charge on any atom is -0.384 e. The third-order valence-corrected chi connectivity index (χ3v) is 3.79. The maximum Gasteiger partial charge on any atom is 0.0753 e. The van der Waals surface area contributed by atoms with E-state index in [4.69, 9.17) is 4.74 Å². The van der Waals surface area contributed by atoms with Crippen LogP contribution in [0.2, 0.25) is 0 Å². The van der Waals surface area contributed by atoms with Gasteiger partial charge in [-0.25, -0.2) is 0 Å². The Morgan fingerprint density at radius 2 is 2.28 bits per heavy atom. The van der Waals surface area contributed by atoms with Gasteiger partial charge in [0.05, 0.1) is 12.2 Å². The highest BCUT2D eigenvalue weighted by molar-refractivity contribution is 5.56. The lowest BCUT2D eigenvalue weighted by Gasteiger charge is -2.38. The Balaban J connectivity index is 1.69. The highest BCUT2D eigenvalue weighted by Gasteiger charge is 2.27. The number of hydrogen-bond donors (Lipinski definition) is 1. The van der Waals surface area contributed by atoms with Crippen molar-refractivity contribution in [3.05, 3.63) is 29.3 Å². The molecule has 3 rings (SSSR count). The average Bonchev–Trinajstić information content (AvgIpc) is 2.74. The first-order valence-electron chi connectivity index (χ1n) is 6.84. The summed E-state index contributed by atoms with van der Waals surface area (Å²) in [5.74, 6) is 0. The third kappa shape index (κ3) is 2.52. The lowest BCUT2D eigenvalue weighted by atomic mass is 10.0. The second-order valence-corrected chi connectivity index (χ2v) is 5.99. The molecule has 2 aliphatic rings. The van der Waals surface area contributed by atoms with E-state index in [2.05, 4.69) is 42.3 Å². The van der Waals surface area contributed by atoms with Gasteiger partial charge in [-0.3, -0.25) is 4.90 Å². The predicted molar refractivity (Wildman–Crippen MR) is 73.9 cm³/mol. The number of nitrogens with zero attached hydrogens (tertiary/aromatic N) is 1. The summed E-state index contributed by atoms with van der Waals surface area (Å²) in [4.78, 5) is 2.49. The number of benzene rings is 1. The predicted octanol–water partition coefficient (Wildman–Crippen LogP) is 2.27. The number of anilines is 1. The minimum atomic E-state index is -0.00344. The normalized spacial score (nSPS) is 22.6. The van der Waals surface area contributed by atoms with Crippen molar-refractivity contribution in [2.24, 2.45) is 0 Å². The quantitative estimate of drug-likeness (QED) is 0.866. The van der Waals surface area contributed by atoms with E-state index >= 15 is 0 Å². The van der Waals surface area contributed by atoms with E-state index in [0.717, 1.165) is 39.2 Å². The molecule has 1 N–H and O–H groups in total. The van der Waals surface area contributed by atoms with E-state index in [1.54, 1.807) is 0 Å². The summed E-state index contributed by atoms with van der Waals surface area (Å²) in [5.41, 5.74) is 4.22. The van der Waals surface area contributed by atoms with Crippen LogP contribution >= 0.6 is 0 Å². The molecular weight excluding hydrogens is 224 g/mol. The summed E-state index contributed by atoms with van der Waals surface area (Å²) in [5, 5.41) is 3.41. The smallest absolute Gasteiger partial charge is 0.0753 e. The molecule has 1 fully saturated rings. The van der Waals surface area contributed by atoms with Crippen LogP contribution in [0.3, 0.4) is 0 Å². The largest absolute Gasteiger partial charge is 0.384 e. The lowest BCUT2D eigenvalue weighted by Crippen LogP contribution is -2.47. The molecule has 0 saturated carbocycles. The van der Waals surface area contributed by atoms with E-state index in [0.29, 0.717) is 0 Å². The minimum absolute atomic E-state index is 0.00344. The van der Waals surface area contributed by atoms with Crippen LogP contribution in [-0.2, 0) is 17.7 Å². The molecule has 2 heterocycles. The van der Waals surface area contributed by atoms with Crippen LogP contribution in [0.25, 0.3) is 0 Å². The van der Waals surface area contributed by atoms with Crippen LogP contribution in [0.4, 0.5) is 5.69 Å². The number of rotatable bonds is 2. The third-order valence-electron chi connectivity index (χ3n) is 3.79. The van der Waals surface area contributed by atoms with Gasteiger partial charge in [0.2, 0.25) is 0 Å². The van der Waals surface area contributed by atoms with Gasteiger partial charge < -0.3 is 10.1 Å². The number of morpholine rings is 1. The van der Waals surface area contributed by atoms with Gasteiger partial charge >= 0.3 is 0 Å². The second kappa shape index (κ2) is 4.56. The Morgan fingerprint density at radius 1 is 1.39 bits per heavy atom. The number of nitrogens with one attached hydrogen (secondary N) is 1. The summed E-state index contributed by atoms with van der Waals surface area (Å²) in [6, 6.07) is 6.83. The van der Waals surface area contributed by atoms with Crippen LogP contribution in [0, 0.1) is 0 Å². The fourth-order valence-electron chi connectivity index (χ4n) is 2.96. The van der Waals surface area contributed by atoms with Crippen LogP contribution in [0.5, 0.6) is 0 Å². The van der Waals surface area contributed by atoms with Crippen molar-refractivity contribution < 1.29 is 4.74 Å². The van der Waals surface area contributed by atoms with Gasteiger partial charge in [0.1, 0.15) is 0 Å². The van der Waals surface area contributed by atoms with Crippen molar-refractivity contribution in [1.29, 1.82) is 0 Å². The number of hydrogen-bond acceptors (Lipinski definition) is 3. The zero-order valence-electron chi connectivity index (χ0n) is 11.3. The van der Waals surface area contributed by atoms with E-state index < -0.39 is 0 Å². The second-order valence-electron chi connectivity index (χ2n) is 5.99. The highest BCUT2D eigenvalue weighted by Crippen LogP contribution is 2.24. The van der Waals surface area contributed by atoms with Crippen LogP contribution in [0.1, 0.15) is 25.0 Å². The zero-order chi connectivity index (χ0) is 12.6. The molecular formula is C15H22N2O. The lowest BCUT2D eigenvalue weighted by molar-refractivity contribution is -0.0882. The Kier molecular flexibility index (Phi) is 3.04. The molecule has 0 radical (unpaired) electrons. The maximum atomic E-state index is 5.76. The number of ether oxygens (including phenoxy) is 1. The molecule has 0 amide bonds. The summed E-state index contributed by atoms with van der Waals surface area (Å²) in [6.45, 7) is 9.38. The van der Waals surface area contributed by atoms with Crippen molar-refractivity contribution in [1.82, 2.24) is 4.90 Å². The Hall–Kier alpha value is -1.06. The molecule has 2 aliphatic heterocycles. The molecule has 0 bridgehead atoms. The maximum absolute atomic E-state index is 5.76. The summed E-state index contributed by atoms with van der Waals surface area (Å²) < 4.78 is 5.76. The van der Waals surface area contributed by atoms with Gasteiger partial charge in [-0.15, -0.1) is 0 Å². The van der Waals surface area contributed by atoms with Crippen LogP contribution < -0.4 is 5.32 Å². The van der Waals surface area contributed by atoms with E-state index in [9.17, 15) is 0 Å². The molecule has 0 aliphatic carbocycles. The molecule has 3 nitrogen and oxygen atoms in total. The van der Waals surface area contributed by atoms with Gasteiger partial charge in [0, 0.05) is 31.9 Å². The molecule has 1 aromatic rings. The van der Waals surface area contributed by atoms with E-state index in [1.165, 1.54) is 16.8 Å². The first-order valence-corrected chi connectivity index (χ1v) is 6.84. The van der Waals surface area contributed by atoms with Crippen molar-refractivity contribution in [2.75, 3.05) is 31.6 Å². The van der Waals surface area contributed by atoms with Crippen molar-refractivity contribution in [2.45, 2.75) is 32.4 Å². The fraction of sp³-hybridized carbons (Fsp3) is 0.600. The first kappa shape index (κ1) is 12.0. The Morgan fingerprint density at radius 3 is 3.11 bits per heavy atom. The zero-order valence-corrected chi connectivity index (χ0v) is 11.3. The molecule has 18 heavy (non-hydrogen) atoms. The molecule has 1 saturated heterocycles. The molecule has 3 heteroatoms. The molecule has 98 valence electrons. The standard InChI is InChI=1S/C15H22N2O/c1-15(2)11-17(7-8-18-15)10-12-3-4-14-13(9-12)5-6-16-14/h3-4,9,16H,5-8,10-11H2,1-2H3. The van der Waals surface area contributed by atoms with Crippen molar-refractivity contribution in [3.8, 4) is 0 Å². The molecule has 0 unspecified atom stereocenters. The van der Waals surface area contributed by atoms with Gasteiger partial charge in [0.15, 0.2) is 0 Å². The summed E-state index contributed by atoms with van der Waals surface area (Å²) >= 11 is 0. The van der Waals surface area contributed by atoms with E-state index in [-0.39, 0.29) is 5.60 Å². The molecule has 0 atom stereocenters. The van der Waals surface area contributed by atoms with Gasteiger partial charge in [0.25, 0.3) is 0 Å². The highest BCUT2D eigenvalue weighted by atomic mass is 16.5. The van der Waals surface area contributed by atoms with Gasteiger partial charge in [-0.1, -0.05) is 12.1 Å². The summed E-state index contributed by atoms with van der Waals surface area (Å²) in [7, 11) is 0. The summed E-state index contributed by atoms with van der Waals surface area (Å²) in [6.07, 6.45) is 1.16. The first-order chi connectivity index (χ1) is 8.62. The topological polar surface area (TPSA) is 24.5 Å².